The maximum absolute atomic E-state index is 12.7. The van der Waals surface area contributed by atoms with Crippen LogP contribution in [-0.2, 0) is 0 Å². The molecule has 0 aliphatic rings. The molecule has 136 valence electrons. The molecular formula is C20H18N4O3. The van der Waals surface area contributed by atoms with Gasteiger partial charge in [-0.15, -0.1) is 5.10 Å². The second-order valence-electron chi connectivity index (χ2n) is 6.27. The van der Waals surface area contributed by atoms with Crippen molar-refractivity contribution < 1.29 is 9.15 Å². The Bertz CT molecular complexity index is 1140. The molecule has 2 aromatic heterocycles. The number of aromatic nitrogens is 4. The zero-order valence-electron chi connectivity index (χ0n) is 15.0. The van der Waals surface area contributed by atoms with Gasteiger partial charge in [0.05, 0.1) is 17.1 Å². The molecule has 0 bridgehead atoms. The number of H-pyrrole nitrogens is 1. The van der Waals surface area contributed by atoms with E-state index in [-0.39, 0.29) is 11.5 Å². The third-order valence-corrected chi connectivity index (χ3v) is 4.40. The fourth-order valence-corrected chi connectivity index (χ4v) is 2.79. The lowest BCUT2D eigenvalue weighted by Crippen LogP contribution is -2.10. The van der Waals surface area contributed by atoms with E-state index in [1.807, 2.05) is 31.2 Å². The zero-order valence-corrected chi connectivity index (χ0v) is 15.0. The normalized spacial score (nSPS) is 12.2. The molecule has 0 spiro atoms. The molecule has 0 radical (unpaired) electrons. The molecule has 1 N–H and O–H groups in total. The summed E-state index contributed by atoms with van der Waals surface area (Å²) in [5, 5.41) is 14.1. The van der Waals surface area contributed by atoms with Crippen LogP contribution in [0.4, 0.5) is 0 Å². The molecule has 7 nitrogen and oxygen atoms in total. The van der Waals surface area contributed by atoms with Crippen molar-refractivity contribution in [2.24, 2.45) is 0 Å². The van der Waals surface area contributed by atoms with E-state index >= 15 is 0 Å². The Morgan fingerprint density at radius 1 is 1.19 bits per heavy atom. The van der Waals surface area contributed by atoms with Crippen molar-refractivity contribution in [3.05, 3.63) is 58.8 Å². The molecule has 2 heterocycles. The van der Waals surface area contributed by atoms with Gasteiger partial charge in [-0.3, -0.25) is 4.79 Å². The average Bonchev–Trinajstić information content (AvgIpc) is 3.23. The van der Waals surface area contributed by atoms with Crippen LogP contribution in [-0.4, -0.2) is 26.7 Å². The first-order valence-electron chi connectivity index (χ1n) is 8.73. The predicted molar refractivity (Wildman–Crippen MR) is 101 cm³/mol. The summed E-state index contributed by atoms with van der Waals surface area (Å²) < 4.78 is 12.0. The van der Waals surface area contributed by atoms with Crippen LogP contribution < -0.4 is 10.2 Å². The van der Waals surface area contributed by atoms with E-state index in [4.69, 9.17) is 9.15 Å². The van der Waals surface area contributed by atoms with E-state index < -0.39 is 0 Å². The summed E-state index contributed by atoms with van der Waals surface area (Å²) in [5.74, 6) is 1.66. The highest BCUT2D eigenvalue weighted by molar-refractivity contribution is 5.83. The Balaban J connectivity index is 1.81. The molecular weight excluding hydrogens is 344 g/mol. The van der Waals surface area contributed by atoms with Crippen molar-refractivity contribution in [2.75, 3.05) is 0 Å². The molecule has 4 aromatic rings. The van der Waals surface area contributed by atoms with E-state index in [2.05, 4.69) is 27.5 Å². The van der Waals surface area contributed by atoms with Crippen LogP contribution in [0.2, 0.25) is 0 Å². The second-order valence-corrected chi connectivity index (χ2v) is 6.27. The number of hydrogen-bond acceptors (Lipinski definition) is 6. The topological polar surface area (TPSA) is 93.9 Å². The van der Waals surface area contributed by atoms with Crippen molar-refractivity contribution >= 4 is 11.0 Å². The summed E-state index contributed by atoms with van der Waals surface area (Å²) in [6.07, 6.45) is 0.950. The summed E-state index contributed by atoms with van der Waals surface area (Å²) in [5.41, 5.74) is 1.82. The molecule has 1 atom stereocenters. The van der Waals surface area contributed by atoms with Crippen molar-refractivity contribution in [2.45, 2.75) is 26.4 Å². The number of ether oxygens (including phenoxy) is 1. The first-order chi connectivity index (χ1) is 13.2. The van der Waals surface area contributed by atoms with Crippen LogP contribution in [0, 0.1) is 0 Å². The number of nitrogens with zero attached hydrogens (tertiary/aromatic N) is 3. The van der Waals surface area contributed by atoms with Gasteiger partial charge in [0.2, 0.25) is 0 Å². The number of rotatable bonds is 5. The van der Waals surface area contributed by atoms with Crippen LogP contribution in [0.5, 0.6) is 5.75 Å². The molecule has 4 rings (SSSR count). The standard InChI is InChI=1S/C20H18N4O3/c1-3-12(2)26-17-7-5-4-6-14(17)19-11-16(25)15-10-13(8-9-18(15)27-19)20-21-23-24-22-20/h4-12H,3H2,1-2H3,(H,21,22,23,24). The van der Waals surface area contributed by atoms with Crippen LogP contribution >= 0.6 is 0 Å². The Morgan fingerprint density at radius 2 is 2.04 bits per heavy atom. The highest BCUT2D eigenvalue weighted by atomic mass is 16.5. The maximum atomic E-state index is 12.7. The predicted octanol–water partition coefficient (Wildman–Crippen LogP) is 3.82. The number of aromatic amines is 1. The lowest BCUT2D eigenvalue weighted by molar-refractivity contribution is 0.218. The SMILES string of the molecule is CCC(C)Oc1ccccc1-c1cc(=O)c2cc(-c3nnn[nH]3)ccc2o1. The third-order valence-electron chi connectivity index (χ3n) is 4.40. The number of para-hydroxylation sites is 1. The van der Waals surface area contributed by atoms with Gasteiger partial charge in [-0.1, -0.05) is 19.1 Å². The van der Waals surface area contributed by atoms with Gasteiger partial charge in [-0.25, -0.2) is 5.10 Å². The quantitative estimate of drug-likeness (QED) is 0.580. The zero-order chi connectivity index (χ0) is 18.8. The molecule has 0 amide bonds. The second kappa shape index (κ2) is 7.03. The van der Waals surface area contributed by atoms with Crippen molar-refractivity contribution in [1.82, 2.24) is 20.6 Å². The largest absolute Gasteiger partial charge is 0.490 e. The monoisotopic (exact) mass is 362 g/mol. The number of nitrogens with one attached hydrogen (secondary N) is 1. The summed E-state index contributed by atoms with van der Waals surface area (Å²) in [6.45, 7) is 4.07. The molecule has 0 fully saturated rings. The fourth-order valence-electron chi connectivity index (χ4n) is 2.79. The molecule has 7 heteroatoms. The van der Waals surface area contributed by atoms with Crippen molar-refractivity contribution in [3.8, 4) is 28.5 Å². The van der Waals surface area contributed by atoms with Gasteiger partial charge in [0, 0.05) is 11.6 Å². The van der Waals surface area contributed by atoms with Crippen molar-refractivity contribution in [3.63, 3.8) is 0 Å². The summed E-state index contributed by atoms with van der Waals surface area (Å²) in [4.78, 5) is 12.7. The molecule has 2 aromatic carbocycles. The Labute approximate surface area is 155 Å². The van der Waals surface area contributed by atoms with E-state index in [1.165, 1.54) is 6.07 Å². The van der Waals surface area contributed by atoms with E-state index in [9.17, 15) is 4.79 Å². The van der Waals surface area contributed by atoms with Crippen LogP contribution in [0.1, 0.15) is 20.3 Å². The minimum atomic E-state index is -0.140. The summed E-state index contributed by atoms with van der Waals surface area (Å²) in [7, 11) is 0. The average molecular weight is 362 g/mol. The van der Waals surface area contributed by atoms with E-state index in [0.29, 0.717) is 33.9 Å². The molecule has 0 saturated carbocycles. The lowest BCUT2D eigenvalue weighted by atomic mass is 10.1. The first-order valence-corrected chi connectivity index (χ1v) is 8.73. The lowest BCUT2D eigenvalue weighted by Gasteiger charge is -2.15. The number of fused-ring (bicyclic) bond motifs is 1. The smallest absolute Gasteiger partial charge is 0.193 e. The molecule has 0 aliphatic carbocycles. The Morgan fingerprint density at radius 3 is 2.81 bits per heavy atom. The minimum Gasteiger partial charge on any atom is -0.490 e. The maximum Gasteiger partial charge on any atom is 0.193 e. The van der Waals surface area contributed by atoms with Crippen molar-refractivity contribution in [1.29, 1.82) is 0 Å². The number of tetrazole rings is 1. The van der Waals surface area contributed by atoms with Gasteiger partial charge >= 0.3 is 0 Å². The van der Waals surface area contributed by atoms with Gasteiger partial charge in [-0.05, 0) is 54.1 Å². The summed E-state index contributed by atoms with van der Waals surface area (Å²) >= 11 is 0. The highest BCUT2D eigenvalue weighted by Crippen LogP contribution is 2.32. The van der Waals surface area contributed by atoms with Gasteiger partial charge in [-0.2, -0.15) is 0 Å². The fraction of sp³-hybridized carbons (Fsp3) is 0.200. The van der Waals surface area contributed by atoms with Crippen LogP contribution in [0.15, 0.2) is 57.7 Å². The highest BCUT2D eigenvalue weighted by Gasteiger charge is 2.14. The number of hydrogen-bond donors (Lipinski definition) is 1. The first kappa shape index (κ1) is 17.0. The molecule has 0 aliphatic heterocycles. The number of benzene rings is 2. The molecule has 1 unspecified atom stereocenters. The third kappa shape index (κ3) is 3.31. The van der Waals surface area contributed by atoms with E-state index in [1.54, 1.807) is 18.2 Å². The van der Waals surface area contributed by atoms with Gasteiger partial charge in [0.15, 0.2) is 11.3 Å². The Hall–Kier alpha value is -3.48. The van der Waals surface area contributed by atoms with Gasteiger partial charge in [0.1, 0.15) is 17.1 Å². The van der Waals surface area contributed by atoms with E-state index in [0.717, 1.165) is 12.0 Å². The van der Waals surface area contributed by atoms with Gasteiger partial charge in [0.25, 0.3) is 0 Å². The van der Waals surface area contributed by atoms with Crippen LogP contribution in [0.25, 0.3) is 33.7 Å². The molecule has 27 heavy (non-hydrogen) atoms. The minimum absolute atomic E-state index is 0.0661. The van der Waals surface area contributed by atoms with Gasteiger partial charge < -0.3 is 9.15 Å². The molecule has 0 saturated heterocycles. The van der Waals surface area contributed by atoms with Crippen LogP contribution in [0.3, 0.4) is 0 Å². The summed E-state index contributed by atoms with van der Waals surface area (Å²) in [6, 6.07) is 14.3. The Kier molecular flexibility index (Phi) is 4.42.